The Morgan fingerprint density at radius 3 is 2.75 bits per heavy atom. The lowest BCUT2D eigenvalue weighted by Gasteiger charge is -2.13. The van der Waals surface area contributed by atoms with E-state index in [0.717, 1.165) is 15.7 Å². The molecule has 0 saturated carbocycles. The summed E-state index contributed by atoms with van der Waals surface area (Å²) in [4.78, 5) is 12.5. The molecule has 5 nitrogen and oxygen atoms in total. The van der Waals surface area contributed by atoms with Gasteiger partial charge in [0.1, 0.15) is 0 Å². The Hall–Kier alpha value is -1.66. The van der Waals surface area contributed by atoms with Crippen molar-refractivity contribution in [3.8, 4) is 5.69 Å². The molecule has 0 aliphatic rings. The highest BCUT2D eigenvalue weighted by Crippen LogP contribution is 2.14. The maximum absolute atomic E-state index is 10.5. The summed E-state index contributed by atoms with van der Waals surface area (Å²) in [7, 11) is 1.90. The van der Waals surface area contributed by atoms with Crippen molar-refractivity contribution in [2.45, 2.75) is 13.0 Å². The fourth-order valence-corrected chi connectivity index (χ4v) is 2.12. The monoisotopic (exact) mass is 337 g/mol. The molecule has 0 aliphatic carbocycles. The molecule has 20 heavy (non-hydrogen) atoms. The zero-order valence-electron chi connectivity index (χ0n) is 11.2. The molecule has 2 rings (SSSR count). The van der Waals surface area contributed by atoms with E-state index in [4.69, 9.17) is 5.11 Å². The Labute approximate surface area is 126 Å². The summed E-state index contributed by atoms with van der Waals surface area (Å²) in [6, 6.07) is 7.90. The van der Waals surface area contributed by atoms with E-state index in [1.54, 1.807) is 6.20 Å². The van der Waals surface area contributed by atoms with Crippen molar-refractivity contribution in [2.75, 3.05) is 13.6 Å². The summed E-state index contributed by atoms with van der Waals surface area (Å²) in [6.45, 7) is 1.21. The highest BCUT2D eigenvalue weighted by atomic mass is 79.9. The molecule has 1 N–H and O–H groups in total. The molecule has 0 fully saturated rings. The van der Waals surface area contributed by atoms with E-state index in [1.165, 1.54) is 0 Å². The topological polar surface area (TPSA) is 58.4 Å². The molecule has 106 valence electrons. The van der Waals surface area contributed by atoms with Gasteiger partial charge in [-0.2, -0.15) is 5.10 Å². The zero-order valence-corrected chi connectivity index (χ0v) is 12.7. The van der Waals surface area contributed by atoms with Crippen molar-refractivity contribution >= 4 is 21.9 Å². The molecule has 0 bridgehead atoms. The van der Waals surface area contributed by atoms with Crippen LogP contribution >= 0.6 is 15.9 Å². The van der Waals surface area contributed by atoms with Crippen LogP contribution in [0.25, 0.3) is 5.69 Å². The summed E-state index contributed by atoms with van der Waals surface area (Å²) >= 11 is 3.40. The Morgan fingerprint density at radius 2 is 2.10 bits per heavy atom. The summed E-state index contributed by atoms with van der Waals surface area (Å²) in [5.74, 6) is -0.776. The van der Waals surface area contributed by atoms with Gasteiger partial charge in [0.15, 0.2) is 0 Å². The average Bonchev–Trinajstić information content (AvgIpc) is 2.85. The first kappa shape index (κ1) is 14.7. The second kappa shape index (κ2) is 6.67. The first-order chi connectivity index (χ1) is 9.54. The van der Waals surface area contributed by atoms with Crippen LogP contribution in [0.4, 0.5) is 0 Å². The number of hydrogen-bond acceptors (Lipinski definition) is 3. The van der Waals surface area contributed by atoms with Crippen LogP contribution < -0.4 is 0 Å². The second-order valence-electron chi connectivity index (χ2n) is 4.65. The van der Waals surface area contributed by atoms with Crippen LogP contribution in [-0.2, 0) is 11.3 Å². The van der Waals surface area contributed by atoms with Crippen LogP contribution in [0.3, 0.4) is 0 Å². The van der Waals surface area contributed by atoms with Crippen molar-refractivity contribution in [1.82, 2.24) is 14.7 Å². The van der Waals surface area contributed by atoms with E-state index in [-0.39, 0.29) is 6.42 Å². The number of aliphatic carboxylic acids is 1. The maximum atomic E-state index is 10.5. The lowest BCUT2D eigenvalue weighted by atomic mass is 10.3. The third kappa shape index (κ3) is 4.18. The fraction of sp³-hybridized carbons (Fsp3) is 0.286. The summed E-state index contributed by atoms with van der Waals surface area (Å²) in [6.07, 6.45) is 3.91. The summed E-state index contributed by atoms with van der Waals surface area (Å²) in [5, 5.41) is 13.0. The SMILES string of the molecule is CN(CCC(=O)O)Cc1cnn(-c2ccc(Br)cc2)c1. The number of halogens is 1. The van der Waals surface area contributed by atoms with Crippen molar-refractivity contribution in [3.05, 3.63) is 46.7 Å². The third-order valence-corrected chi connectivity index (χ3v) is 3.42. The molecule has 0 aliphatic heterocycles. The van der Waals surface area contributed by atoms with Crippen molar-refractivity contribution < 1.29 is 9.90 Å². The van der Waals surface area contributed by atoms with Gasteiger partial charge >= 0.3 is 5.97 Å². The van der Waals surface area contributed by atoms with E-state index in [9.17, 15) is 4.79 Å². The van der Waals surface area contributed by atoms with Crippen LogP contribution in [0, 0.1) is 0 Å². The minimum absolute atomic E-state index is 0.150. The van der Waals surface area contributed by atoms with E-state index in [2.05, 4.69) is 21.0 Å². The number of rotatable bonds is 6. The Balaban J connectivity index is 1.98. The quantitative estimate of drug-likeness (QED) is 0.879. The number of hydrogen-bond donors (Lipinski definition) is 1. The molecule has 0 amide bonds. The molecule has 0 spiro atoms. The van der Waals surface area contributed by atoms with Gasteiger partial charge < -0.3 is 10.0 Å². The van der Waals surface area contributed by atoms with E-state index in [1.807, 2.05) is 47.1 Å². The minimum atomic E-state index is -0.776. The fourth-order valence-electron chi connectivity index (χ4n) is 1.85. The summed E-state index contributed by atoms with van der Waals surface area (Å²) in [5.41, 5.74) is 2.05. The first-order valence-electron chi connectivity index (χ1n) is 6.24. The highest BCUT2D eigenvalue weighted by molar-refractivity contribution is 9.10. The predicted molar refractivity (Wildman–Crippen MR) is 79.9 cm³/mol. The van der Waals surface area contributed by atoms with Crippen molar-refractivity contribution in [1.29, 1.82) is 0 Å². The van der Waals surface area contributed by atoms with E-state index < -0.39 is 5.97 Å². The molecule has 0 unspecified atom stereocenters. The van der Waals surface area contributed by atoms with Gasteiger partial charge in [0, 0.05) is 29.3 Å². The first-order valence-corrected chi connectivity index (χ1v) is 7.04. The van der Waals surface area contributed by atoms with Gasteiger partial charge in [-0.1, -0.05) is 15.9 Å². The number of carboxylic acids is 1. The van der Waals surface area contributed by atoms with Crippen LogP contribution in [0.15, 0.2) is 41.1 Å². The molecule has 1 heterocycles. The van der Waals surface area contributed by atoms with E-state index in [0.29, 0.717) is 13.1 Å². The third-order valence-electron chi connectivity index (χ3n) is 2.89. The van der Waals surface area contributed by atoms with Crippen LogP contribution in [0.5, 0.6) is 0 Å². The summed E-state index contributed by atoms with van der Waals surface area (Å²) < 4.78 is 2.84. The van der Waals surface area contributed by atoms with Gasteiger partial charge in [0.25, 0.3) is 0 Å². The van der Waals surface area contributed by atoms with Crippen LogP contribution in [-0.4, -0.2) is 39.3 Å². The van der Waals surface area contributed by atoms with E-state index >= 15 is 0 Å². The van der Waals surface area contributed by atoms with Crippen LogP contribution in [0.1, 0.15) is 12.0 Å². The smallest absolute Gasteiger partial charge is 0.304 e. The Morgan fingerprint density at radius 1 is 1.40 bits per heavy atom. The molecule has 6 heteroatoms. The molecule has 1 aromatic carbocycles. The molecule has 0 saturated heterocycles. The molecule has 1 aromatic heterocycles. The second-order valence-corrected chi connectivity index (χ2v) is 5.57. The normalized spacial score (nSPS) is 10.9. The van der Waals surface area contributed by atoms with Crippen molar-refractivity contribution in [3.63, 3.8) is 0 Å². The van der Waals surface area contributed by atoms with Gasteiger partial charge in [-0.25, -0.2) is 4.68 Å². The lowest BCUT2D eigenvalue weighted by Crippen LogP contribution is -2.21. The molecule has 0 atom stereocenters. The largest absolute Gasteiger partial charge is 0.481 e. The predicted octanol–water partition coefficient (Wildman–Crippen LogP) is 2.54. The van der Waals surface area contributed by atoms with Crippen LogP contribution in [0.2, 0.25) is 0 Å². The number of nitrogens with zero attached hydrogens (tertiary/aromatic N) is 3. The van der Waals surface area contributed by atoms with Crippen molar-refractivity contribution in [2.24, 2.45) is 0 Å². The Bertz CT molecular complexity index is 580. The van der Waals surface area contributed by atoms with Gasteiger partial charge in [0.05, 0.1) is 18.3 Å². The van der Waals surface area contributed by atoms with Gasteiger partial charge in [0.2, 0.25) is 0 Å². The molecular formula is C14H16BrN3O2. The number of aromatic nitrogens is 2. The zero-order chi connectivity index (χ0) is 14.5. The van der Waals surface area contributed by atoms with Gasteiger partial charge in [-0.05, 0) is 31.3 Å². The maximum Gasteiger partial charge on any atom is 0.304 e. The number of carboxylic acid groups (broad SMARTS) is 1. The highest BCUT2D eigenvalue weighted by Gasteiger charge is 2.06. The lowest BCUT2D eigenvalue weighted by molar-refractivity contribution is -0.137. The average molecular weight is 338 g/mol. The Kier molecular flexibility index (Phi) is 4.92. The van der Waals surface area contributed by atoms with Gasteiger partial charge in [-0.3, -0.25) is 4.79 Å². The van der Waals surface area contributed by atoms with Gasteiger partial charge in [-0.15, -0.1) is 0 Å². The minimum Gasteiger partial charge on any atom is -0.481 e. The molecular weight excluding hydrogens is 322 g/mol. The number of benzene rings is 1. The molecule has 0 radical (unpaired) electrons. The number of carbonyl (C=O) groups is 1. The standard InChI is InChI=1S/C14H16BrN3O2/c1-17(7-6-14(19)20)9-11-8-16-18(10-11)13-4-2-12(15)3-5-13/h2-5,8,10H,6-7,9H2,1H3,(H,19,20). The molecule has 2 aromatic rings.